The number of nitrogens with zero attached hydrogens (tertiary/aromatic N) is 1. The Hall–Kier alpha value is -0.410. The average molecular weight is 240 g/mol. The third-order valence-electron chi connectivity index (χ3n) is 2.58. The zero-order valence-corrected chi connectivity index (χ0v) is 11.6. The van der Waals surface area contributed by atoms with Crippen molar-refractivity contribution < 1.29 is 0 Å². The van der Waals surface area contributed by atoms with Crippen LogP contribution in [0.1, 0.15) is 63.1 Å². The van der Waals surface area contributed by atoms with Gasteiger partial charge >= 0.3 is 0 Å². The largest absolute Gasteiger partial charge is 0.311 e. The van der Waals surface area contributed by atoms with Gasteiger partial charge in [-0.2, -0.15) is 0 Å². The zero-order chi connectivity index (χ0) is 11.8. The van der Waals surface area contributed by atoms with Crippen LogP contribution in [0.2, 0.25) is 0 Å². The van der Waals surface area contributed by atoms with Crippen LogP contribution in [0, 0.1) is 0 Å². The first-order valence-electron chi connectivity index (χ1n) is 6.39. The number of hydrogen-bond acceptors (Lipinski definition) is 3. The normalized spacial score (nSPS) is 11.2. The van der Waals surface area contributed by atoms with E-state index in [9.17, 15) is 0 Å². The molecule has 0 bridgehead atoms. The molecule has 2 nitrogen and oxygen atoms in total. The molecule has 0 spiro atoms. The second-order valence-electron chi connectivity index (χ2n) is 4.57. The zero-order valence-electron chi connectivity index (χ0n) is 10.8. The summed E-state index contributed by atoms with van der Waals surface area (Å²) in [5.74, 6) is 0.559. The van der Waals surface area contributed by atoms with Gasteiger partial charge in [0.15, 0.2) is 0 Å². The van der Waals surface area contributed by atoms with Gasteiger partial charge < -0.3 is 5.32 Å². The summed E-state index contributed by atoms with van der Waals surface area (Å²) in [5.41, 5.74) is 1.20. The Morgan fingerprint density at radius 3 is 2.75 bits per heavy atom. The number of rotatable bonds is 8. The van der Waals surface area contributed by atoms with Gasteiger partial charge in [-0.25, -0.2) is 4.98 Å². The lowest BCUT2D eigenvalue weighted by Crippen LogP contribution is -2.14. The first kappa shape index (κ1) is 13.7. The number of aromatic nitrogens is 1. The summed E-state index contributed by atoms with van der Waals surface area (Å²) in [6, 6.07) is 0. The highest BCUT2D eigenvalue weighted by atomic mass is 32.1. The third-order valence-corrected chi connectivity index (χ3v) is 3.77. The molecule has 0 aromatic carbocycles. The van der Waals surface area contributed by atoms with Crippen LogP contribution in [-0.2, 0) is 6.54 Å². The number of unbranched alkanes of at least 4 members (excludes halogenated alkanes) is 3. The summed E-state index contributed by atoms with van der Waals surface area (Å²) in [5, 5.41) is 6.88. The standard InChI is InChI=1S/C13H24N2S/c1-4-5-6-7-8-14-9-12-10-16-13(15-12)11(2)3/h10-11,14H,4-9H2,1-3H3. The Morgan fingerprint density at radius 2 is 2.12 bits per heavy atom. The molecule has 0 aliphatic carbocycles. The van der Waals surface area contributed by atoms with Crippen LogP contribution in [0.5, 0.6) is 0 Å². The minimum atomic E-state index is 0.559. The first-order chi connectivity index (χ1) is 7.74. The van der Waals surface area contributed by atoms with E-state index in [1.807, 2.05) is 0 Å². The molecule has 92 valence electrons. The number of nitrogens with one attached hydrogen (secondary N) is 1. The highest BCUT2D eigenvalue weighted by Gasteiger charge is 2.04. The third kappa shape index (κ3) is 5.08. The topological polar surface area (TPSA) is 24.9 Å². The van der Waals surface area contributed by atoms with Gasteiger partial charge in [0.05, 0.1) is 10.7 Å². The predicted octanol–water partition coefficient (Wildman–Crippen LogP) is 3.94. The van der Waals surface area contributed by atoms with Crippen LogP contribution < -0.4 is 5.32 Å². The van der Waals surface area contributed by atoms with Crippen molar-refractivity contribution in [3.63, 3.8) is 0 Å². The summed E-state index contributed by atoms with van der Waals surface area (Å²) >= 11 is 1.78. The van der Waals surface area contributed by atoms with Crippen molar-refractivity contribution in [2.75, 3.05) is 6.54 Å². The quantitative estimate of drug-likeness (QED) is 0.696. The van der Waals surface area contributed by atoms with Crippen LogP contribution in [0.4, 0.5) is 0 Å². The van der Waals surface area contributed by atoms with Crippen molar-refractivity contribution in [3.8, 4) is 0 Å². The first-order valence-corrected chi connectivity index (χ1v) is 7.27. The SMILES string of the molecule is CCCCCCNCc1csc(C(C)C)n1. The molecule has 0 amide bonds. The Labute approximate surface area is 103 Å². The van der Waals surface area contributed by atoms with E-state index in [2.05, 4.69) is 36.5 Å². The summed E-state index contributed by atoms with van der Waals surface area (Å²) in [7, 11) is 0. The smallest absolute Gasteiger partial charge is 0.0954 e. The maximum Gasteiger partial charge on any atom is 0.0954 e. The van der Waals surface area contributed by atoms with Crippen molar-refractivity contribution in [2.24, 2.45) is 0 Å². The van der Waals surface area contributed by atoms with Gasteiger partial charge in [-0.3, -0.25) is 0 Å². The molecular weight excluding hydrogens is 216 g/mol. The van der Waals surface area contributed by atoms with E-state index in [0.29, 0.717) is 5.92 Å². The van der Waals surface area contributed by atoms with Crippen molar-refractivity contribution in [3.05, 3.63) is 16.1 Å². The van der Waals surface area contributed by atoms with Crippen molar-refractivity contribution in [1.82, 2.24) is 10.3 Å². The molecule has 1 aromatic heterocycles. The lowest BCUT2D eigenvalue weighted by Gasteiger charge is -2.02. The second-order valence-corrected chi connectivity index (χ2v) is 5.46. The monoisotopic (exact) mass is 240 g/mol. The van der Waals surface area contributed by atoms with E-state index >= 15 is 0 Å². The van der Waals surface area contributed by atoms with Gasteiger partial charge in [-0.15, -0.1) is 11.3 Å². The van der Waals surface area contributed by atoms with Gasteiger partial charge in [0.25, 0.3) is 0 Å². The fraction of sp³-hybridized carbons (Fsp3) is 0.769. The fourth-order valence-electron chi connectivity index (χ4n) is 1.56. The van der Waals surface area contributed by atoms with E-state index in [0.717, 1.165) is 13.1 Å². The van der Waals surface area contributed by atoms with E-state index in [1.165, 1.54) is 36.4 Å². The lowest BCUT2D eigenvalue weighted by atomic mass is 10.2. The van der Waals surface area contributed by atoms with Crippen LogP contribution >= 0.6 is 11.3 Å². The van der Waals surface area contributed by atoms with Gasteiger partial charge in [0, 0.05) is 17.8 Å². The molecule has 0 aliphatic rings. The maximum absolute atomic E-state index is 4.60. The van der Waals surface area contributed by atoms with Gasteiger partial charge in [-0.1, -0.05) is 40.0 Å². The molecule has 0 radical (unpaired) electrons. The average Bonchev–Trinajstić information content (AvgIpc) is 2.72. The van der Waals surface area contributed by atoms with E-state index in [1.54, 1.807) is 11.3 Å². The second kappa shape index (κ2) is 7.80. The van der Waals surface area contributed by atoms with Crippen LogP contribution in [0.15, 0.2) is 5.38 Å². The van der Waals surface area contributed by atoms with E-state index < -0.39 is 0 Å². The maximum atomic E-state index is 4.60. The van der Waals surface area contributed by atoms with Crippen LogP contribution in [0.3, 0.4) is 0 Å². The van der Waals surface area contributed by atoms with Crippen LogP contribution in [-0.4, -0.2) is 11.5 Å². The minimum Gasteiger partial charge on any atom is -0.311 e. The Bertz CT molecular complexity index is 281. The van der Waals surface area contributed by atoms with Crippen molar-refractivity contribution in [2.45, 2.75) is 58.9 Å². The van der Waals surface area contributed by atoms with Gasteiger partial charge in [0.1, 0.15) is 0 Å². The molecule has 1 rings (SSSR count). The Kier molecular flexibility index (Phi) is 6.65. The molecule has 0 saturated heterocycles. The van der Waals surface area contributed by atoms with Crippen LogP contribution in [0.25, 0.3) is 0 Å². The van der Waals surface area contributed by atoms with Gasteiger partial charge in [-0.05, 0) is 13.0 Å². The molecule has 0 saturated carbocycles. The highest BCUT2D eigenvalue weighted by Crippen LogP contribution is 2.18. The fourth-order valence-corrected chi connectivity index (χ4v) is 2.40. The number of thiazole rings is 1. The number of hydrogen-bond donors (Lipinski definition) is 1. The van der Waals surface area contributed by atoms with Gasteiger partial charge in [0.2, 0.25) is 0 Å². The Balaban J connectivity index is 2.12. The molecular formula is C13H24N2S. The lowest BCUT2D eigenvalue weighted by molar-refractivity contribution is 0.593. The molecule has 0 unspecified atom stereocenters. The predicted molar refractivity (Wildman–Crippen MR) is 72.1 cm³/mol. The summed E-state index contributed by atoms with van der Waals surface area (Å²) in [6.07, 6.45) is 5.30. The molecule has 0 fully saturated rings. The van der Waals surface area contributed by atoms with Crippen molar-refractivity contribution in [1.29, 1.82) is 0 Å². The highest BCUT2D eigenvalue weighted by molar-refractivity contribution is 7.09. The molecule has 1 heterocycles. The molecule has 0 atom stereocenters. The molecule has 0 aliphatic heterocycles. The minimum absolute atomic E-state index is 0.559. The molecule has 16 heavy (non-hydrogen) atoms. The molecule has 1 N–H and O–H groups in total. The summed E-state index contributed by atoms with van der Waals surface area (Å²) < 4.78 is 0. The summed E-state index contributed by atoms with van der Waals surface area (Å²) in [4.78, 5) is 4.60. The van der Waals surface area contributed by atoms with E-state index in [4.69, 9.17) is 0 Å². The summed E-state index contributed by atoms with van der Waals surface area (Å²) in [6.45, 7) is 8.68. The van der Waals surface area contributed by atoms with E-state index in [-0.39, 0.29) is 0 Å². The molecule has 1 aromatic rings. The Morgan fingerprint density at radius 1 is 1.31 bits per heavy atom. The van der Waals surface area contributed by atoms with Crippen molar-refractivity contribution >= 4 is 11.3 Å². The molecule has 3 heteroatoms.